The van der Waals surface area contributed by atoms with Crippen molar-refractivity contribution >= 4 is 17.8 Å². The molecule has 0 fully saturated rings. The van der Waals surface area contributed by atoms with Gasteiger partial charge in [-0.3, -0.25) is 9.59 Å². The van der Waals surface area contributed by atoms with E-state index in [1.165, 1.54) is 18.2 Å². The Hall–Kier alpha value is -2.58. The lowest BCUT2D eigenvalue weighted by atomic mass is 10.0. The smallest absolute Gasteiger partial charge is 0.416 e. The molecular weight excluding hydrogens is 319 g/mol. The van der Waals surface area contributed by atoms with Crippen LogP contribution in [0.3, 0.4) is 0 Å². The average Bonchev–Trinajstić information content (AvgIpc) is 2.43. The molecule has 126 valence electrons. The quantitative estimate of drug-likeness (QED) is 0.704. The van der Waals surface area contributed by atoms with Crippen LogP contribution in [-0.4, -0.2) is 34.1 Å². The fourth-order valence-corrected chi connectivity index (χ4v) is 1.90. The van der Waals surface area contributed by atoms with Gasteiger partial charge in [0.15, 0.2) is 0 Å². The monoisotopic (exact) mass is 333 g/mol. The van der Waals surface area contributed by atoms with E-state index in [0.29, 0.717) is 0 Å². The third kappa shape index (κ3) is 5.97. The van der Waals surface area contributed by atoms with E-state index in [-0.39, 0.29) is 12.0 Å². The Bertz CT molecular complexity index is 600. The van der Waals surface area contributed by atoms with E-state index >= 15 is 0 Å². The average molecular weight is 333 g/mol. The number of benzene rings is 1. The largest absolute Gasteiger partial charge is 0.481 e. The molecule has 9 heteroatoms. The van der Waals surface area contributed by atoms with Crippen LogP contribution in [0.2, 0.25) is 0 Å². The molecule has 1 aromatic carbocycles. The number of alkyl halides is 3. The summed E-state index contributed by atoms with van der Waals surface area (Å²) in [5.74, 6) is -3.79. The molecule has 0 bridgehead atoms. The molecule has 0 saturated carbocycles. The predicted octanol–water partition coefficient (Wildman–Crippen LogP) is 1.68. The highest BCUT2D eigenvalue weighted by atomic mass is 19.4. The number of halogens is 3. The van der Waals surface area contributed by atoms with Crippen LogP contribution in [0.1, 0.15) is 24.0 Å². The molecule has 3 N–H and O–H groups in total. The van der Waals surface area contributed by atoms with E-state index in [2.05, 4.69) is 0 Å². The van der Waals surface area contributed by atoms with Gasteiger partial charge in [0.25, 0.3) is 0 Å². The third-order valence-corrected chi connectivity index (χ3v) is 2.96. The summed E-state index contributed by atoms with van der Waals surface area (Å²) in [7, 11) is 0. The summed E-state index contributed by atoms with van der Waals surface area (Å²) in [5.41, 5.74) is -0.964. The fraction of sp³-hybridized carbons (Fsp3) is 0.357. The molecule has 0 aliphatic carbocycles. The number of rotatable bonds is 7. The lowest BCUT2D eigenvalue weighted by molar-refractivity contribution is -0.147. The van der Waals surface area contributed by atoms with Gasteiger partial charge in [-0.05, 0) is 18.1 Å². The molecule has 0 aliphatic heterocycles. The minimum absolute atomic E-state index is 0.0970. The molecule has 0 aromatic heterocycles. The highest BCUT2D eigenvalue weighted by Crippen LogP contribution is 2.32. The molecule has 0 unspecified atom stereocenters. The Balaban J connectivity index is 2.70. The Kier molecular flexibility index (Phi) is 6.11. The molecule has 1 aromatic rings. The number of carbonyl (C=O) groups excluding carboxylic acids is 1. The van der Waals surface area contributed by atoms with Gasteiger partial charge in [-0.15, -0.1) is 0 Å². The number of amides is 1. The fourth-order valence-electron chi connectivity index (χ4n) is 1.90. The van der Waals surface area contributed by atoms with E-state index in [1.54, 1.807) is 0 Å². The number of carboxylic acid groups (broad SMARTS) is 2. The van der Waals surface area contributed by atoms with Crippen molar-refractivity contribution in [3.8, 4) is 0 Å². The summed E-state index contributed by atoms with van der Waals surface area (Å²) in [6.45, 7) is 0. The Morgan fingerprint density at radius 1 is 1.13 bits per heavy atom. The summed E-state index contributed by atoms with van der Waals surface area (Å²) < 4.78 is 38.4. The van der Waals surface area contributed by atoms with Crippen LogP contribution in [0.25, 0.3) is 0 Å². The van der Waals surface area contributed by atoms with Crippen LogP contribution in [0.4, 0.5) is 13.2 Å². The number of nitrogens with one attached hydrogen (secondary N) is 1. The van der Waals surface area contributed by atoms with Crippen molar-refractivity contribution in [2.45, 2.75) is 31.5 Å². The lowest BCUT2D eigenvalue weighted by Crippen LogP contribution is -2.42. The molecule has 0 saturated heterocycles. The van der Waals surface area contributed by atoms with E-state index < -0.39 is 48.5 Å². The lowest BCUT2D eigenvalue weighted by Gasteiger charge is -2.14. The van der Waals surface area contributed by atoms with Gasteiger partial charge in [-0.1, -0.05) is 18.2 Å². The summed E-state index contributed by atoms with van der Waals surface area (Å²) >= 11 is 0. The summed E-state index contributed by atoms with van der Waals surface area (Å²) in [6.07, 6.45) is -6.02. The van der Waals surface area contributed by atoms with Gasteiger partial charge in [0.2, 0.25) is 5.91 Å². The first kappa shape index (κ1) is 18.5. The van der Waals surface area contributed by atoms with Gasteiger partial charge in [-0.25, -0.2) is 4.79 Å². The second-order valence-corrected chi connectivity index (χ2v) is 4.71. The molecule has 0 heterocycles. The SMILES string of the molecule is O=C(O)C[C@H](NC(=O)CCc1ccccc1C(F)(F)F)C(=O)O. The molecule has 1 rings (SSSR count). The van der Waals surface area contributed by atoms with E-state index in [1.807, 2.05) is 5.32 Å². The highest BCUT2D eigenvalue weighted by molar-refractivity contribution is 5.86. The van der Waals surface area contributed by atoms with Crippen molar-refractivity contribution in [1.82, 2.24) is 5.32 Å². The van der Waals surface area contributed by atoms with Gasteiger partial charge < -0.3 is 15.5 Å². The highest BCUT2D eigenvalue weighted by Gasteiger charge is 2.33. The van der Waals surface area contributed by atoms with Gasteiger partial charge >= 0.3 is 18.1 Å². The minimum Gasteiger partial charge on any atom is -0.481 e. The maximum absolute atomic E-state index is 12.8. The number of aryl methyl sites for hydroxylation is 1. The van der Waals surface area contributed by atoms with Crippen molar-refractivity contribution < 1.29 is 37.8 Å². The maximum Gasteiger partial charge on any atom is 0.416 e. The molecule has 0 spiro atoms. The Morgan fingerprint density at radius 3 is 2.26 bits per heavy atom. The molecule has 1 amide bonds. The summed E-state index contributed by atoms with van der Waals surface area (Å²) in [6, 6.07) is 3.10. The van der Waals surface area contributed by atoms with Crippen LogP contribution in [0.15, 0.2) is 24.3 Å². The van der Waals surface area contributed by atoms with Crippen molar-refractivity contribution in [3.05, 3.63) is 35.4 Å². The van der Waals surface area contributed by atoms with Gasteiger partial charge in [0, 0.05) is 6.42 Å². The van der Waals surface area contributed by atoms with Crippen LogP contribution >= 0.6 is 0 Å². The summed E-state index contributed by atoms with van der Waals surface area (Å²) in [4.78, 5) is 32.9. The van der Waals surface area contributed by atoms with Crippen molar-refractivity contribution in [2.24, 2.45) is 0 Å². The van der Waals surface area contributed by atoms with E-state index in [9.17, 15) is 27.6 Å². The normalized spacial score (nSPS) is 12.5. The van der Waals surface area contributed by atoms with Crippen molar-refractivity contribution in [1.29, 1.82) is 0 Å². The summed E-state index contributed by atoms with van der Waals surface area (Å²) in [5, 5.41) is 19.3. The maximum atomic E-state index is 12.8. The standard InChI is InChI=1S/C14H14F3NO5/c15-14(16,17)9-4-2-1-3-8(9)5-6-11(19)18-10(13(22)23)7-12(20)21/h1-4,10H,5-7H2,(H,18,19)(H,20,21)(H,22,23)/t10-/m0/s1. The van der Waals surface area contributed by atoms with E-state index in [0.717, 1.165) is 6.07 Å². The second kappa shape index (κ2) is 7.61. The number of aliphatic carboxylic acids is 2. The van der Waals surface area contributed by atoms with Crippen LogP contribution < -0.4 is 5.32 Å². The van der Waals surface area contributed by atoms with Crippen molar-refractivity contribution in [3.63, 3.8) is 0 Å². The molecule has 6 nitrogen and oxygen atoms in total. The number of hydrogen-bond acceptors (Lipinski definition) is 3. The van der Waals surface area contributed by atoms with Gasteiger partial charge in [0.1, 0.15) is 6.04 Å². The van der Waals surface area contributed by atoms with Gasteiger partial charge in [-0.2, -0.15) is 13.2 Å². The zero-order valence-electron chi connectivity index (χ0n) is 11.8. The zero-order valence-corrected chi connectivity index (χ0v) is 11.8. The minimum atomic E-state index is -4.56. The third-order valence-electron chi connectivity index (χ3n) is 2.96. The zero-order chi connectivity index (χ0) is 17.6. The molecule has 1 atom stereocenters. The number of carboxylic acids is 2. The number of carbonyl (C=O) groups is 3. The molecule has 0 aliphatic rings. The number of hydrogen-bond donors (Lipinski definition) is 3. The Labute approximate surface area is 128 Å². The van der Waals surface area contributed by atoms with E-state index in [4.69, 9.17) is 10.2 Å². The molecule has 23 heavy (non-hydrogen) atoms. The first-order chi connectivity index (χ1) is 10.6. The van der Waals surface area contributed by atoms with Gasteiger partial charge in [0.05, 0.1) is 12.0 Å². The second-order valence-electron chi connectivity index (χ2n) is 4.71. The van der Waals surface area contributed by atoms with Crippen LogP contribution in [-0.2, 0) is 27.0 Å². The van der Waals surface area contributed by atoms with Crippen molar-refractivity contribution in [2.75, 3.05) is 0 Å². The predicted molar refractivity (Wildman–Crippen MR) is 71.6 cm³/mol. The molecular formula is C14H14F3NO5. The Morgan fingerprint density at radius 2 is 1.74 bits per heavy atom. The topological polar surface area (TPSA) is 104 Å². The molecule has 0 radical (unpaired) electrons. The van der Waals surface area contributed by atoms with Crippen LogP contribution in [0.5, 0.6) is 0 Å². The van der Waals surface area contributed by atoms with Crippen LogP contribution in [0, 0.1) is 0 Å². The first-order valence-corrected chi connectivity index (χ1v) is 6.50. The first-order valence-electron chi connectivity index (χ1n) is 6.50.